The first-order chi connectivity index (χ1) is 4.91. The largest absolute Gasteiger partial charge is 0.265 e. The first-order valence-electron chi connectivity index (χ1n) is 2.69. The summed E-state index contributed by atoms with van der Waals surface area (Å²) in [6, 6.07) is 7.56. The van der Waals surface area contributed by atoms with Gasteiger partial charge in [-0.3, -0.25) is 4.98 Å². The Labute approximate surface area is 68.6 Å². The lowest BCUT2D eigenvalue weighted by atomic mass is 10.5. The monoisotopic (exact) mass is 198 g/mol. The average molecular weight is 199 g/mol. The molecule has 0 fully saturated rings. The molecule has 0 radical (unpaired) electrons. The number of rotatable bonds is 0. The summed E-state index contributed by atoms with van der Waals surface area (Å²) in [5.74, 6) is 0. The summed E-state index contributed by atoms with van der Waals surface area (Å²) < 4.78 is 0. The number of nitriles is 1. The third-order valence-corrected chi connectivity index (χ3v) is 0.877. The van der Waals surface area contributed by atoms with Gasteiger partial charge in [0, 0.05) is 12.4 Å². The van der Waals surface area contributed by atoms with Crippen LogP contribution in [0.5, 0.6) is 0 Å². The molecule has 0 atom stereocenters. The quantitative estimate of drug-likeness (QED) is 0.599. The predicted molar refractivity (Wildman–Crippen MR) is 43.6 cm³/mol. The van der Waals surface area contributed by atoms with Gasteiger partial charge < -0.3 is 0 Å². The Kier molecular flexibility index (Phi) is 7.41. The van der Waals surface area contributed by atoms with Crippen LogP contribution in [0, 0.1) is 11.3 Å². The molecule has 0 saturated carbocycles. The molecule has 3 heteroatoms. The van der Waals surface area contributed by atoms with Crippen LogP contribution < -0.4 is 0 Å². The molecule has 0 saturated heterocycles. The minimum absolute atomic E-state index is 0.438. The minimum atomic E-state index is 0.438. The van der Waals surface area contributed by atoms with Crippen LogP contribution >= 0.6 is 15.9 Å². The highest BCUT2D eigenvalue weighted by atomic mass is 79.9. The van der Waals surface area contributed by atoms with Crippen molar-refractivity contribution >= 4 is 15.9 Å². The van der Waals surface area contributed by atoms with E-state index in [-0.39, 0.29) is 0 Å². The maximum absolute atomic E-state index is 7.58. The van der Waals surface area contributed by atoms with Crippen molar-refractivity contribution in [3.63, 3.8) is 0 Å². The predicted octanol–water partition coefficient (Wildman–Crippen LogP) is 1.99. The molecule has 1 rings (SSSR count). The van der Waals surface area contributed by atoms with Gasteiger partial charge in [0.1, 0.15) is 0 Å². The van der Waals surface area contributed by atoms with E-state index in [1.165, 1.54) is 0 Å². The molecule has 1 aromatic rings. The highest BCUT2D eigenvalue weighted by molar-refractivity contribution is 9.09. The van der Waals surface area contributed by atoms with E-state index in [2.05, 4.69) is 20.9 Å². The molecule has 0 amide bonds. The van der Waals surface area contributed by atoms with Crippen LogP contribution in [0.15, 0.2) is 30.6 Å². The molecule has 1 aromatic heterocycles. The van der Waals surface area contributed by atoms with Crippen LogP contribution in [-0.4, -0.2) is 10.3 Å². The number of pyridine rings is 1. The van der Waals surface area contributed by atoms with Crippen LogP contribution in [0.3, 0.4) is 0 Å². The molecule has 0 bridgehead atoms. The minimum Gasteiger partial charge on any atom is -0.265 e. The zero-order valence-corrected chi connectivity index (χ0v) is 6.95. The highest BCUT2D eigenvalue weighted by Crippen LogP contribution is 1.73. The molecule has 10 heavy (non-hydrogen) atoms. The van der Waals surface area contributed by atoms with E-state index < -0.39 is 0 Å². The zero-order valence-electron chi connectivity index (χ0n) is 5.37. The highest BCUT2D eigenvalue weighted by Gasteiger charge is 1.58. The molecule has 0 aromatic carbocycles. The maximum atomic E-state index is 7.58. The Morgan fingerprint density at radius 3 is 1.90 bits per heavy atom. The lowest BCUT2D eigenvalue weighted by molar-refractivity contribution is 1.33. The topological polar surface area (TPSA) is 36.7 Å². The van der Waals surface area contributed by atoms with Crippen LogP contribution in [-0.2, 0) is 0 Å². The molecule has 0 aliphatic carbocycles. The van der Waals surface area contributed by atoms with Gasteiger partial charge in [0.2, 0.25) is 0 Å². The van der Waals surface area contributed by atoms with E-state index in [4.69, 9.17) is 5.26 Å². The number of halogens is 1. The fraction of sp³-hybridized carbons (Fsp3) is 0.143. The third kappa shape index (κ3) is 7.12. The van der Waals surface area contributed by atoms with Gasteiger partial charge in [-0.25, -0.2) is 0 Å². The van der Waals surface area contributed by atoms with E-state index in [1.54, 1.807) is 12.4 Å². The van der Waals surface area contributed by atoms with E-state index in [0.717, 1.165) is 0 Å². The second-order valence-corrected chi connectivity index (χ2v) is 1.88. The molecule has 0 aliphatic rings. The molecule has 2 nitrogen and oxygen atoms in total. The summed E-state index contributed by atoms with van der Waals surface area (Å²) in [6.07, 6.45) is 3.50. The summed E-state index contributed by atoms with van der Waals surface area (Å²) in [6.45, 7) is 0. The Balaban J connectivity index is 0.000000180. The number of aromatic nitrogens is 1. The van der Waals surface area contributed by atoms with Gasteiger partial charge in [-0.1, -0.05) is 22.0 Å². The number of alkyl halides is 1. The first kappa shape index (κ1) is 9.12. The molecule has 52 valence electrons. The van der Waals surface area contributed by atoms with Crippen molar-refractivity contribution < 1.29 is 0 Å². The van der Waals surface area contributed by atoms with Crippen LogP contribution in [0.4, 0.5) is 0 Å². The average Bonchev–Trinajstić information content (AvgIpc) is 2.08. The van der Waals surface area contributed by atoms with E-state index >= 15 is 0 Å². The van der Waals surface area contributed by atoms with Crippen molar-refractivity contribution in [2.75, 3.05) is 5.33 Å². The Bertz CT molecular complexity index is 154. The standard InChI is InChI=1S/C5H5N.C2H2BrN/c1-2-4-6-5-3-1;3-1-2-4/h1-5H;1H2. The van der Waals surface area contributed by atoms with Crippen molar-refractivity contribution in [2.45, 2.75) is 0 Å². The van der Waals surface area contributed by atoms with Crippen LogP contribution in [0.2, 0.25) is 0 Å². The number of nitrogens with zero attached hydrogens (tertiary/aromatic N) is 2. The smallest absolute Gasteiger partial charge is 0.0905 e. The summed E-state index contributed by atoms with van der Waals surface area (Å²) in [4.78, 5) is 3.78. The molecular weight excluding hydrogens is 192 g/mol. The Hall–Kier alpha value is -0.880. The lowest BCUT2D eigenvalue weighted by Crippen LogP contribution is -1.58. The first-order valence-corrected chi connectivity index (χ1v) is 3.82. The normalized spacial score (nSPS) is 6.80. The van der Waals surface area contributed by atoms with Gasteiger partial charge in [-0.2, -0.15) is 5.26 Å². The SMILES string of the molecule is N#CCBr.c1ccncc1. The summed E-state index contributed by atoms with van der Waals surface area (Å²) in [5.41, 5.74) is 0. The molecule has 0 N–H and O–H groups in total. The van der Waals surface area contributed by atoms with Crippen molar-refractivity contribution in [3.05, 3.63) is 30.6 Å². The molecule has 1 heterocycles. The van der Waals surface area contributed by atoms with Crippen LogP contribution in [0.1, 0.15) is 0 Å². The fourth-order valence-electron chi connectivity index (χ4n) is 0.313. The van der Waals surface area contributed by atoms with Gasteiger partial charge in [-0.05, 0) is 12.1 Å². The van der Waals surface area contributed by atoms with Crippen LogP contribution in [0.25, 0.3) is 0 Å². The molecule has 0 unspecified atom stereocenters. The third-order valence-electron chi connectivity index (χ3n) is 0.626. The number of hydrogen-bond acceptors (Lipinski definition) is 2. The summed E-state index contributed by atoms with van der Waals surface area (Å²) in [7, 11) is 0. The second kappa shape index (κ2) is 8.12. The second-order valence-electron chi connectivity index (χ2n) is 1.32. The van der Waals surface area contributed by atoms with Crippen molar-refractivity contribution in [1.29, 1.82) is 5.26 Å². The lowest BCUT2D eigenvalue weighted by Gasteiger charge is -1.70. The Morgan fingerprint density at radius 1 is 1.30 bits per heavy atom. The Morgan fingerprint density at radius 2 is 1.80 bits per heavy atom. The molecule has 0 aliphatic heterocycles. The number of hydrogen-bond donors (Lipinski definition) is 0. The van der Waals surface area contributed by atoms with Crippen molar-refractivity contribution in [1.82, 2.24) is 4.98 Å². The van der Waals surface area contributed by atoms with Crippen molar-refractivity contribution in [2.24, 2.45) is 0 Å². The van der Waals surface area contributed by atoms with E-state index in [0.29, 0.717) is 5.33 Å². The zero-order chi connectivity index (χ0) is 7.66. The van der Waals surface area contributed by atoms with Crippen molar-refractivity contribution in [3.8, 4) is 6.07 Å². The van der Waals surface area contributed by atoms with Gasteiger partial charge in [0.25, 0.3) is 0 Å². The van der Waals surface area contributed by atoms with Gasteiger partial charge in [0.15, 0.2) is 0 Å². The fourth-order valence-corrected chi connectivity index (χ4v) is 0.313. The maximum Gasteiger partial charge on any atom is 0.0905 e. The van der Waals surface area contributed by atoms with Gasteiger partial charge >= 0.3 is 0 Å². The van der Waals surface area contributed by atoms with E-state index in [9.17, 15) is 0 Å². The molecule has 0 spiro atoms. The summed E-state index contributed by atoms with van der Waals surface area (Å²) in [5, 5.41) is 8.02. The summed E-state index contributed by atoms with van der Waals surface area (Å²) >= 11 is 2.89. The van der Waals surface area contributed by atoms with Gasteiger partial charge in [-0.15, -0.1) is 0 Å². The molecular formula is C7H7BrN2. The van der Waals surface area contributed by atoms with Gasteiger partial charge in [0.05, 0.1) is 11.4 Å². The van der Waals surface area contributed by atoms with E-state index in [1.807, 2.05) is 24.3 Å².